The van der Waals surface area contributed by atoms with Crippen molar-refractivity contribution in [3.05, 3.63) is 64.1 Å². The molecular formula is C20H26BrN3O3S. The second-order valence-corrected chi connectivity index (χ2v) is 9.74. The van der Waals surface area contributed by atoms with E-state index in [0.717, 1.165) is 23.8 Å². The third-order valence-electron chi connectivity index (χ3n) is 4.25. The van der Waals surface area contributed by atoms with Crippen molar-refractivity contribution < 1.29 is 13.2 Å². The normalized spacial score (nSPS) is 11.8. The third kappa shape index (κ3) is 6.13. The van der Waals surface area contributed by atoms with Gasteiger partial charge in [0.25, 0.3) is 5.91 Å². The van der Waals surface area contributed by atoms with E-state index in [-0.39, 0.29) is 10.8 Å². The molecule has 0 unspecified atom stereocenters. The van der Waals surface area contributed by atoms with Crippen molar-refractivity contribution in [2.24, 2.45) is 0 Å². The Labute approximate surface area is 175 Å². The van der Waals surface area contributed by atoms with Gasteiger partial charge in [-0.25, -0.2) is 12.7 Å². The Kier molecular flexibility index (Phi) is 8.18. The van der Waals surface area contributed by atoms with Crippen LogP contribution in [0.5, 0.6) is 0 Å². The predicted molar refractivity (Wildman–Crippen MR) is 115 cm³/mol. The summed E-state index contributed by atoms with van der Waals surface area (Å²) in [5, 5.41) is 2.86. The Bertz CT molecular complexity index is 902. The average Bonchev–Trinajstić information content (AvgIpc) is 2.66. The Morgan fingerprint density at radius 3 is 2.39 bits per heavy atom. The van der Waals surface area contributed by atoms with Crippen LogP contribution >= 0.6 is 15.9 Å². The summed E-state index contributed by atoms with van der Waals surface area (Å²) in [4.78, 5) is 14.7. The standard InChI is InChI=1S/C20H26BrN3O3S/c1-23(2)28(26,27)19-14-17(10-11-18(19)21)20(25)22-12-7-13-24(3)15-16-8-5-4-6-9-16/h4-6,8-11,14H,7,12-13,15H2,1-3H3,(H,22,25). The number of hydrogen-bond acceptors (Lipinski definition) is 4. The maximum Gasteiger partial charge on any atom is 0.251 e. The van der Waals surface area contributed by atoms with E-state index in [1.807, 2.05) is 25.2 Å². The first kappa shape index (κ1) is 22.5. The van der Waals surface area contributed by atoms with Gasteiger partial charge in [0.1, 0.15) is 0 Å². The number of carbonyl (C=O) groups is 1. The van der Waals surface area contributed by atoms with E-state index < -0.39 is 10.0 Å². The van der Waals surface area contributed by atoms with Crippen LogP contribution in [0, 0.1) is 0 Å². The van der Waals surface area contributed by atoms with Crippen molar-refractivity contribution in [3.8, 4) is 0 Å². The molecular weight excluding hydrogens is 442 g/mol. The minimum atomic E-state index is -3.63. The minimum absolute atomic E-state index is 0.0766. The van der Waals surface area contributed by atoms with Crippen molar-refractivity contribution in [2.45, 2.75) is 17.9 Å². The summed E-state index contributed by atoms with van der Waals surface area (Å²) < 4.78 is 26.3. The molecule has 0 heterocycles. The molecule has 6 nitrogen and oxygen atoms in total. The summed E-state index contributed by atoms with van der Waals surface area (Å²) in [7, 11) is 1.33. The second-order valence-electron chi connectivity index (χ2n) is 6.77. The van der Waals surface area contributed by atoms with Gasteiger partial charge in [0.2, 0.25) is 10.0 Å². The fraction of sp³-hybridized carbons (Fsp3) is 0.350. The molecule has 1 amide bonds. The van der Waals surface area contributed by atoms with Gasteiger partial charge in [-0.3, -0.25) is 4.79 Å². The lowest BCUT2D eigenvalue weighted by Crippen LogP contribution is -2.28. The molecule has 0 radical (unpaired) electrons. The van der Waals surface area contributed by atoms with E-state index in [0.29, 0.717) is 16.6 Å². The summed E-state index contributed by atoms with van der Waals surface area (Å²) >= 11 is 3.25. The zero-order chi connectivity index (χ0) is 20.7. The number of nitrogens with one attached hydrogen (secondary N) is 1. The van der Waals surface area contributed by atoms with Crippen LogP contribution in [-0.4, -0.2) is 57.8 Å². The monoisotopic (exact) mass is 467 g/mol. The van der Waals surface area contributed by atoms with Gasteiger partial charge in [0.15, 0.2) is 0 Å². The molecule has 0 bridgehead atoms. The predicted octanol–water partition coefficient (Wildman–Crippen LogP) is 2.95. The Morgan fingerprint density at radius 2 is 1.75 bits per heavy atom. The van der Waals surface area contributed by atoms with Crippen LogP contribution < -0.4 is 5.32 Å². The highest BCUT2D eigenvalue weighted by Crippen LogP contribution is 2.25. The number of sulfonamides is 1. The molecule has 0 atom stereocenters. The van der Waals surface area contributed by atoms with Crippen LogP contribution in [0.1, 0.15) is 22.3 Å². The lowest BCUT2D eigenvalue weighted by Gasteiger charge is -2.17. The molecule has 0 aromatic heterocycles. The minimum Gasteiger partial charge on any atom is -0.352 e. The third-order valence-corrected chi connectivity index (χ3v) is 7.06. The van der Waals surface area contributed by atoms with Crippen LogP contribution in [0.15, 0.2) is 57.9 Å². The van der Waals surface area contributed by atoms with Gasteiger partial charge in [-0.1, -0.05) is 30.3 Å². The van der Waals surface area contributed by atoms with E-state index in [2.05, 4.69) is 38.3 Å². The lowest BCUT2D eigenvalue weighted by atomic mass is 10.2. The fourth-order valence-corrected chi connectivity index (χ4v) is 4.51. The molecule has 2 rings (SSSR count). The Morgan fingerprint density at radius 1 is 1.07 bits per heavy atom. The average molecular weight is 468 g/mol. The van der Waals surface area contributed by atoms with E-state index in [1.165, 1.54) is 25.7 Å². The van der Waals surface area contributed by atoms with E-state index >= 15 is 0 Å². The summed E-state index contributed by atoms with van der Waals surface area (Å²) in [6, 6.07) is 14.8. The van der Waals surface area contributed by atoms with Crippen molar-refractivity contribution in [3.63, 3.8) is 0 Å². The van der Waals surface area contributed by atoms with E-state index in [9.17, 15) is 13.2 Å². The zero-order valence-corrected chi connectivity index (χ0v) is 18.8. The maximum absolute atomic E-state index is 12.4. The second kappa shape index (κ2) is 10.2. The van der Waals surface area contributed by atoms with Crippen LogP contribution in [-0.2, 0) is 16.6 Å². The van der Waals surface area contributed by atoms with Gasteiger partial charge >= 0.3 is 0 Å². The molecule has 0 fully saturated rings. The highest BCUT2D eigenvalue weighted by Gasteiger charge is 2.22. The van der Waals surface area contributed by atoms with Gasteiger partial charge in [0, 0.05) is 37.2 Å². The first-order chi connectivity index (χ1) is 13.2. The zero-order valence-electron chi connectivity index (χ0n) is 16.4. The van der Waals surface area contributed by atoms with Crippen LogP contribution in [0.25, 0.3) is 0 Å². The van der Waals surface area contributed by atoms with E-state index in [1.54, 1.807) is 12.1 Å². The number of amides is 1. The molecule has 8 heteroatoms. The summed E-state index contributed by atoms with van der Waals surface area (Å²) in [6.45, 7) is 2.22. The Hall–Kier alpha value is -1.74. The van der Waals surface area contributed by atoms with Crippen LogP contribution in [0.2, 0.25) is 0 Å². The van der Waals surface area contributed by atoms with Crippen molar-refractivity contribution in [1.29, 1.82) is 0 Å². The fourth-order valence-electron chi connectivity index (χ4n) is 2.67. The largest absolute Gasteiger partial charge is 0.352 e. The number of benzene rings is 2. The molecule has 0 aliphatic rings. The van der Waals surface area contributed by atoms with Gasteiger partial charge in [0.05, 0.1) is 4.90 Å². The van der Waals surface area contributed by atoms with Gasteiger partial charge in [-0.15, -0.1) is 0 Å². The summed E-state index contributed by atoms with van der Waals surface area (Å²) in [5.74, 6) is -0.284. The molecule has 0 saturated heterocycles. The smallest absolute Gasteiger partial charge is 0.251 e. The first-order valence-corrected chi connectivity index (χ1v) is 11.2. The van der Waals surface area contributed by atoms with Gasteiger partial charge in [-0.2, -0.15) is 0 Å². The molecule has 0 aliphatic carbocycles. The molecule has 0 aliphatic heterocycles. The molecule has 28 heavy (non-hydrogen) atoms. The maximum atomic E-state index is 12.4. The first-order valence-electron chi connectivity index (χ1n) is 8.94. The van der Waals surface area contributed by atoms with Crippen molar-refractivity contribution >= 4 is 31.9 Å². The molecule has 1 N–H and O–H groups in total. The topological polar surface area (TPSA) is 69.7 Å². The number of hydrogen-bond donors (Lipinski definition) is 1. The van der Waals surface area contributed by atoms with Crippen molar-refractivity contribution in [1.82, 2.24) is 14.5 Å². The molecule has 2 aromatic rings. The molecule has 2 aromatic carbocycles. The summed E-state index contributed by atoms with van der Waals surface area (Å²) in [6.07, 6.45) is 0.800. The highest BCUT2D eigenvalue weighted by atomic mass is 79.9. The SMILES string of the molecule is CN(CCCNC(=O)c1ccc(Br)c(S(=O)(=O)N(C)C)c1)Cc1ccccc1. The number of carbonyl (C=O) groups excluding carboxylic acids is 1. The number of halogens is 1. The van der Waals surface area contributed by atoms with Gasteiger partial charge < -0.3 is 10.2 Å². The van der Waals surface area contributed by atoms with Crippen LogP contribution in [0.4, 0.5) is 0 Å². The molecule has 0 saturated carbocycles. The number of rotatable bonds is 9. The van der Waals surface area contributed by atoms with Crippen LogP contribution in [0.3, 0.4) is 0 Å². The summed E-state index contributed by atoms with van der Waals surface area (Å²) in [5.41, 5.74) is 1.57. The van der Waals surface area contributed by atoms with E-state index in [4.69, 9.17) is 0 Å². The molecule has 0 spiro atoms. The highest BCUT2D eigenvalue weighted by molar-refractivity contribution is 9.10. The van der Waals surface area contributed by atoms with Crippen molar-refractivity contribution in [2.75, 3.05) is 34.2 Å². The Balaban J connectivity index is 1.88. The van der Waals surface area contributed by atoms with Gasteiger partial charge in [-0.05, 0) is 59.7 Å². The molecule has 152 valence electrons. The number of nitrogens with zero attached hydrogens (tertiary/aromatic N) is 2. The quantitative estimate of drug-likeness (QED) is 0.575. The lowest BCUT2D eigenvalue weighted by molar-refractivity contribution is 0.0951.